The van der Waals surface area contributed by atoms with E-state index in [0.29, 0.717) is 6.54 Å². The molecule has 1 fully saturated rings. The van der Waals surface area contributed by atoms with Gasteiger partial charge in [-0.05, 0) is 30.9 Å². The van der Waals surface area contributed by atoms with Crippen LogP contribution in [0.25, 0.3) is 0 Å². The number of rotatable bonds is 3. The van der Waals surface area contributed by atoms with Gasteiger partial charge in [-0.15, -0.1) is 0 Å². The number of hydrogen-bond acceptors (Lipinski definition) is 2. The summed E-state index contributed by atoms with van der Waals surface area (Å²) in [4.78, 5) is 14.3. The Morgan fingerprint density at radius 3 is 2.53 bits per heavy atom. The summed E-state index contributed by atoms with van der Waals surface area (Å²) in [5.74, 6) is 0.0930. The lowest BCUT2D eigenvalue weighted by atomic mass is 9.81. The fraction of sp³-hybridized carbons (Fsp3) is 0.562. The molecule has 1 aromatic carbocycles. The van der Waals surface area contributed by atoms with E-state index in [0.717, 1.165) is 25.7 Å². The number of hydrogen-bond donors (Lipinski definition) is 1. The van der Waals surface area contributed by atoms with Crippen molar-refractivity contribution in [1.82, 2.24) is 4.90 Å². The van der Waals surface area contributed by atoms with E-state index in [-0.39, 0.29) is 5.91 Å². The van der Waals surface area contributed by atoms with Gasteiger partial charge in [-0.25, -0.2) is 0 Å². The number of carbonyl (C=O) groups is 1. The van der Waals surface area contributed by atoms with Gasteiger partial charge in [0.05, 0.1) is 5.54 Å². The third-order valence-electron chi connectivity index (χ3n) is 4.19. The average Bonchev–Trinajstić information content (AvgIpc) is 2.41. The van der Waals surface area contributed by atoms with Gasteiger partial charge >= 0.3 is 0 Å². The monoisotopic (exact) mass is 260 g/mol. The Morgan fingerprint density at radius 2 is 1.89 bits per heavy atom. The minimum atomic E-state index is -0.629. The molecule has 0 atom stereocenters. The first-order valence-corrected chi connectivity index (χ1v) is 7.12. The van der Waals surface area contributed by atoms with E-state index in [1.54, 1.807) is 4.90 Å². The van der Waals surface area contributed by atoms with E-state index in [2.05, 4.69) is 19.1 Å². The number of likely N-dealkylation sites (N-methyl/N-ethyl adjacent to an activating group) is 1. The van der Waals surface area contributed by atoms with Crippen LogP contribution < -0.4 is 5.73 Å². The van der Waals surface area contributed by atoms with Crippen molar-refractivity contribution in [3.05, 3.63) is 35.4 Å². The van der Waals surface area contributed by atoms with Crippen LogP contribution in [0, 0.1) is 6.92 Å². The molecule has 19 heavy (non-hydrogen) atoms. The molecule has 1 saturated carbocycles. The third-order valence-corrected chi connectivity index (χ3v) is 4.19. The van der Waals surface area contributed by atoms with Gasteiger partial charge in [-0.2, -0.15) is 0 Å². The Kier molecular flexibility index (Phi) is 4.25. The van der Waals surface area contributed by atoms with Gasteiger partial charge in [0, 0.05) is 13.6 Å². The molecule has 3 heteroatoms. The van der Waals surface area contributed by atoms with Gasteiger partial charge in [-0.3, -0.25) is 4.79 Å². The smallest absolute Gasteiger partial charge is 0.242 e. The molecule has 1 amide bonds. The van der Waals surface area contributed by atoms with E-state index in [4.69, 9.17) is 5.73 Å². The SMILES string of the molecule is Cc1ccccc1CN(C)C(=O)C1(N)CCCCC1. The summed E-state index contributed by atoms with van der Waals surface area (Å²) in [6.07, 6.45) is 4.99. The summed E-state index contributed by atoms with van der Waals surface area (Å²) < 4.78 is 0. The normalized spacial score (nSPS) is 18.1. The maximum Gasteiger partial charge on any atom is 0.242 e. The van der Waals surface area contributed by atoms with Crippen molar-refractivity contribution in [2.45, 2.75) is 51.1 Å². The summed E-state index contributed by atoms with van der Waals surface area (Å²) in [7, 11) is 1.86. The Morgan fingerprint density at radius 1 is 1.26 bits per heavy atom. The standard InChI is InChI=1S/C16H24N2O/c1-13-8-4-5-9-14(13)12-18(2)15(19)16(17)10-6-3-7-11-16/h4-5,8-9H,3,6-7,10-12,17H2,1-2H3. The largest absolute Gasteiger partial charge is 0.340 e. The molecule has 1 aromatic rings. The average molecular weight is 260 g/mol. The Bertz CT molecular complexity index is 450. The van der Waals surface area contributed by atoms with Gasteiger partial charge in [0.15, 0.2) is 0 Å². The summed E-state index contributed by atoms with van der Waals surface area (Å²) in [5, 5.41) is 0. The molecular weight excluding hydrogens is 236 g/mol. The Labute approximate surface area is 115 Å². The minimum absolute atomic E-state index is 0.0930. The first-order chi connectivity index (χ1) is 9.03. The molecular formula is C16H24N2O. The van der Waals surface area contributed by atoms with Gasteiger partial charge in [-0.1, -0.05) is 43.5 Å². The Hall–Kier alpha value is -1.35. The maximum absolute atomic E-state index is 12.5. The lowest BCUT2D eigenvalue weighted by Gasteiger charge is -2.35. The summed E-state index contributed by atoms with van der Waals surface area (Å²) in [6.45, 7) is 2.72. The second-order valence-electron chi connectivity index (χ2n) is 5.80. The van der Waals surface area contributed by atoms with Crippen molar-refractivity contribution in [2.24, 2.45) is 5.73 Å². The van der Waals surface area contributed by atoms with Crippen molar-refractivity contribution in [3.8, 4) is 0 Å². The molecule has 0 heterocycles. The predicted molar refractivity (Wildman–Crippen MR) is 77.7 cm³/mol. The molecule has 0 bridgehead atoms. The molecule has 0 radical (unpaired) electrons. The first kappa shape index (κ1) is 14.1. The van der Waals surface area contributed by atoms with Gasteiger partial charge < -0.3 is 10.6 Å². The van der Waals surface area contributed by atoms with E-state index in [9.17, 15) is 4.79 Å². The van der Waals surface area contributed by atoms with Crippen molar-refractivity contribution in [1.29, 1.82) is 0 Å². The van der Waals surface area contributed by atoms with E-state index >= 15 is 0 Å². The van der Waals surface area contributed by atoms with Gasteiger partial charge in [0.1, 0.15) is 0 Å². The van der Waals surface area contributed by atoms with E-state index < -0.39 is 5.54 Å². The number of nitrogens with zero attached hydrogens (tertiary/aromatic N) is 1. The molecule has 3 nitrogen and oxygen atoms in total. The van der Waals surface area contributed by atoms with Gasteiger partial charge in [0.25, 0.3) is 0 Å². The number of aryl methyl sites for hydroxylation is 1. The van der Waals surface area contributed by atoms with Crippen LogP contribution in [0.2, 0.25) is 0 Å². The van der Waals surface area contributed by atoms with Crippen molar-refractivity contribution < 1.29 is 4.79 Å². The number of benzene rings is 1. The van der Waals surface area contributed by atoms with Crippen LogP contribution in [0.15, 0.2) is 24.3 Å². The fourth-order valence-electron chi connectivity index (χ4n) is 2.89. The Balaban J connectivity index is 2.05. The molecule has 1 aliphatic rings. The van der Waals surface area contributed by atoms with Crippen LogP contribution in [-0.2, 0) is 11.3 Å². The molecule has 2 N–H and O–H groups in total. The van der Waals surface area contributed by atoms with Crippen LogP contribution >= 0.6 is 0 Å². The second-order valence-corrected chi connectivity index (χ2v) is 5.80. The molecule has 0 unspecified atom stereocenters. The highest BCUT2D eigenvalue weighted by Gasteiger charge is 2.37. The summed E-state index contributed by atoms with van der Waals surface area (Å²) >= 11 is 0. The highest BCUT2D eigenvalue weighted by Crippen LogP contribution is 2.28. The zero-order chi connectivity index (χ0) is 13.9. The quantitative estimate of drug-likeness (QED) is 0.908. The lowest BCUT2D eigenvalue weighted by Crippen LogP contribution is -2.55. The van der Waals surface area contributed by atoms with Crippen molar-refractivity contribution in [2.75, 3.05) is 7.05 Å². The number of amides is 1. The van der Waals surface area contributed by atoms with Crippen molar-refractivity contribution in [3.63, 3.8) is 0 Å². The minimum Gasteiger partial charge on any atom is -0.340 e. The molecule has 0 saturated heterocycles. The van der Waals surface area contributed by atoms with Crippen LogP contribution in [0.4, 0.5) is 0 Å². The number of nitrogens with two attached hydrogens (primary N) is 1. The summed E-state index contributed by atoms with van der Waals surface area (Å²) in [6, 6.07) is 8.18. The van der Waals surface area contributed by atoms with Crippen LogP contribution in [0.5, 0.6) is 0 Å². The third kappa shape index (κ3) is 3.16. The zero-order valence-electron chi connectivity index (χ0n) is 12.0. The first-order valence-electron chi connectivity index (χ1n) is 7.12. The maximum atomic E-state index is 12.5. The van der Waals surface area contributed by atoms with Crippen LogP contribution in [0.1, 0.15) is 43.2 Å². The van der Waals surface area contributed by atoms with Crippen LogP contribution in [0.3, 0.4) is 0 Å². The highest BCUT2D eigenvalue weighted by atomic mass is 16.2. The van der Waals surface area contributed by atoms with E-state index in [1.165, 1.54) is 17.5 Å². The highest BCUT2D eigenvalue weighted by molar-refractivity contribution is 5.86. The van der Waals surface area contributed by atoms with Crippen molar-refractivity contribution >= 4 is 5.91 Å². The lowest BCUT2D eigenvalue weighted by molar-refractivity contribution is -0.137. The predicted octanol–water partition coefficient (Wildman–Crippen LogP) is 2.62. The zero-order valence-corrected chi connectivity index (χ0v) is 12.0. The molecule has 104 valence electrons. The molecule has 0 spiro atoms. The molecule has 1 aliphatic carbocycles. The number of carbonyl (C=O) groups excluding carboxylic acids is 1. The summed E-state index contributed by atoms with van der Waals surface area (Å²) in [5.41, 5.74) is 8.09. The second kappa shape index (κ2) is 5.74. The van der Waals surface area contributed by atoms with Gasteiger partial charge in [0.2, 0.25) is 5.91 Å². The van der Waals surface area contributed by atoms with Crippen LogP contribution in [-0.4, -0.2) is 23.4 Å². The van der Waals surface area contributed by atoms with E-state index in [1.807, 2.05) is 19.2 Å². The molecule has 0 aliphatic heterocycles. The molecule has 2 rings (SSSR count). The fourth-order valence-corrected chi connectivity index (χ4v) is 2.89. The molecule has 0 aromatic heterocycles. The topological polar surface area (TPSA) is 46.3 Å².